The van der Waals surface area contributed by atoms with Crippen LogP contribution in [0.1, 0.15) is 0 Å². The summed E-state index contributed by atoms with van der Waals surface area (Å²) in [4.78, 5) is 0. The van der Waals surface area contributed by atoms with Gasteiger partial charge in [-0.25, -0.2) is 0 Å². The smallest absolute Gasteiger partial charge is 0.412 e. The fraction of sp³-hybridized carbons (Fsp3) is 1.00. The second-order valence-electron chi connectivity index (χ2n) is 0.921. The third-order valence-electron chi connectivity index (χ3n) is 0.292. The largest absolute Gasteiger partial charge is 0.522 e. The summed E-state index contributed by atoms with van der Waals surface area (Å²) in [5, 5.41) is 0. The van der Waals surface area contributed by atoms with E-state index in [2.05, 4.69) is 0 Å². The van der Waals surface area contributed by atoms with Crippen LogP contribution in [-0.4, -0.2) is 24.0 Å². The van der Waals surface area contributed by atoms with Crippen molar-refractivity contribution in [3.63, 3.8) is 0 Å². The Morgan fingerprint density at radius 2 is 1.30 bits per heavy atom. The molecule has 0 aliphatic carbocycles. The zero-order valence-corrected chi connectivity index (χ0v) is 8.83. The maximum absolute atomic E-state index is 10.7. The molecule has 4 nitrogen and oxygen atoms in total. The van der Waals surface area contributed by atoms with Crippen molar-refractivity contribution in [1.82, 2.24) is 0 Å². The number of hydrogen-bond donors (Lipinski definition) is 1. The first-order valence-electron chi connectivity index (χ1n) is 1.29. The number of rotatable bonds is 0. The molecule has 0 bridgehead atoms. The first kappa shape index (κ1) is 17.1. The molecule has 0 unspecified atom stereocenters. The molecule has 0 aromatic carbocycles. The molecule has 0 saturated carbocycles. The van der Waals surface area contributed by atoms with Crippen molar-refractivity contribution in [3.8, 4) is 0 Å². The Kier molecular flexibility index (Phi) is 7.99. The molecular weight excluding hydrogens is 304 g/mol. The molecule has 10 heavy (non-hydrogen) atoms. The van der Waals surface area contributed by atoms with Crippen LogP contribution in [0.25, 0.3) is 0 Å². The fourth-order valence-electron chi connectivity index (χ4n) is 0. The van der Waals surface area contributed by atoms with E-state index in [9.17, 15) is 13.2 Å². The molecule has 61 valence electrons. The summed E-state index contributed by atoms with van der Waals surface area (Å²) in [6, 6.07) is 0. The van der Waals surface area contributed by atoms with E-state index in [1.165, 1.54) is 0 Å². The topological polar surface area (TPSA) is 85.9 Å². The number of hydrogen-bond acceptors (Lipinski definition) is 2. The summed E-state index contributed by atoms with van der Waals surface area (Å²) in [5.74, 6) is 0. The third kappa shape index (κ3) is 5.63. The van der Waals surface area contributed by atoms with Crippen molar-refractivity contribution in [1.29, 1.82) is 0 Å². The van der Waals surface area contributed by atoms with E-state index >= 15 is 0 Å². The molecule has 0 aromatic rings. The molecule has 3 N–H and O–H groups in total. The van der Waals surface area contributed by atoms with E-state index in [-0.39, 0.29) is 41.1 Å². The van der Waals surface area contributed by atoms with Gasteiger partial charge in [-0.3, -0.25) is 4.55 Å². The molecule has 0 amide bonds. The average molecular weight is 307 g/mol. The van der Waals surface area contributed by atoms with Gasteiger partial charge in [-0.2, -0.15) is 21.6 Å². The normalized spacial score (nSPS) is 11.2. The molecule has 0 aliphatic heterocycles. The molecule has 0 heterocycles. The van der Waals surface area contributed by atoms with Crippen LogP contribution < -0.4 is 0 Å². The molecule has 1 radical (unpaired) electrons. The van der Waals surface area contributed by atoms with E-state index < -0.39 is 15.6 Å². The van der Waals surface area contributed by atoms with Gasteiger partial charge in [0, 0.05) is 35.6 Å². The fourth-order valence-corrected chi connectivity index (χ4v) is 0. The van der Waals surface area contributed by atoms with Gasteiger partial charge in [0.05, 0.1) is 0 Å². The van der Waals surface area contributed by atoms with Crippen LogP contribution in [0, 0.1) is 35.6 Å². The second kappa shape index (κ2) is 4.68. The molecular formula is CH3F3LaO4S. The second-order valence-corrected chi connectivity index (χ2v) is 2.33. The minimum absolute atomic E-state index is 0. The Labute approximate surface area is 82.4 Å². The van der Waals surface area contributed by atoms with Gasteiger partial charge in [-0.15, -0.1) is 0 Å². The van der Waals surface area contributed by atoms with Crippen molar-refractivity contribution in [2.75, 3.05) is 0 Å². The average Bonchev–Trinajstić information content (AvgIpc) is 1.25. The minimum atomic E-state index is -5.84. The van der Waals surface area contributed by atoms with Gasteiger partial charge in [0.1, 0.15) is 0 Å². The van der Waals surface area contributed by atoms with E-state index in [4.69, 9.17) is 13.0 Å². The molecule has 0 aromatic heterocycles. The molecule has 0 atom stereocenters. The van der Waals surface area contributed by atoms with Crippen molar-refractivity contribution in [2.45, 2.75) is 5.51 Å². The maximum Gasteiger partial charge on any atom is 0.522 e. The predicted octanol–water partition coefficient (Wildman–Crippen LogP) is -0.431. The van der Waals surface area contributed by atoms with E-state index in [0.717, 1.165) is 0 Å². The van der Waals surface area contributed by atoms with E-state index in [1.54, 1.807) is 0 Å². The van der Waals surface area contributed by atoms with Crippen LogP contribution in [0.4, 0.5) is 13.2 Å². The van der Waals surface area contributed by atoms with Crippen LogP contribution in [0.15, 0.2) is 0 Å². The first-order chi connectivity index (χ1) is 3.25. The minimum Gasteiger partial charge on any atom is -0.412 e. The van der Waals surface area contributed by atoms with Crippen LogP contribution in [0.2, 0.25) is 0 Å². The quantitative estimate of drug-likeness (QED) is 0.487. The van der Waals surface area contributed by atoms with Gasteiger partial charge in [-0.1, -0.05) is 0 Å². The van der Waals surface area contributed by atoms with Gasteiger partial charge in [0.25, 0.3) is 0 Å². The van der Waals surface area contributed by atoms with Crippen LogP contribution in [0.5, 0.6) is 0 Å². The Morgan fingerprint density at radius 1 is 1.20 bits per heavy atom. The molecule has 0 fully saturated rings. The monoisotopic (exact) mass is 307 g/mol. The first-order valence-corrected chi connectivity index (χ1v) is 2.73. The van der Waals surface area contributed by atoms with Crippen LogP contribution in [-0.2, 0) is 10.1 Å². The van der Waals surface area contributed by atoms with Crippen LogP contribution in [0.3, 0.4) is 0 Å². The summed E-state index contributed by atoms with van der Waals surface area (Å²) in [7, 11) is -5.84. The SMILES string of the molecule is O.O=S(=O)(O)C(F)(F)F.[La]. The van der Waals surface area contributed by atoms with Crippen molar-refractivity contribution in [3.05, 3.63) is 0 Å². The Balaban J connectivity index is -0.000000245. The van der Waals surface area contributed by atoms with Gasteiger partial charge in [0.2, 0.25) is 0 Å². The molecule has 0 spiro atoms. The maximum atomic E-state index is 10.7. The summed E-state index contributed by atoms with van der Waals surface area (Å²) in [6.07, 6.45) is 0. The van der Waals surface area contributed by atoms with E-state index in [0.29, 0.717) is 0 Å². The Morgan fingerprint density at radius 3 is 1.30 bits per heavy atom. The van der Waals surface area contributed by atoms with Gasteiger partial charge < -0.3 is 5.48 Å². The standard InChI is InChI=1S/CHF3O3S.La.H2O/c2-1(3,4)8(5,6)7;;/h(H,5,6,7);;1H2. The summed E-state index contributed by atoms with van der Waals surface area (Å²) >= 11 is 0. The Hall–Kier alpha value is 0.855. The number of halogens is 3. The molecule has 9 heteroatoms. The Bertz CT molecular complexity index is 169. The van der Waals surface area contributed by atoms with E-state index in [1.807, 2.05) is 0 Å². The molecule has 0 aliphatic rings. The zero-order chi connectivity index (χ0) is 7.00. The zero-order valence-electron chi connectivity index (χ0n) is 4.38. The van der Waals surface area contributed by atoms with Crippen molar-refractivity contribution < 1.29 is 67.2 Å². The molecule has 0 saturated heterocycles. The predicted molar refractivity (Wildman–Crippen MR) is 21.2 cm³/mol. The summed E-state index contributed by atoms with van der Waals surface area (Å²) in [6.45, 7) is 0. The summed E-state index contributed by atoms with van der Waals surface area (Å²) in [5.41, 5.74) is -5.53. The number of alkyl halides is 3. The van der Waals surface area contributed by atoms with Crippen LogP contribution >= 0.6 is 0 Å². The summed E-state index contributed by atoms with van der Waals surface area (Å²) < 4.78 is 57.5. The van der Waals surface area contributed by atoms with Gasteiger partial charge in [0.15, 0.2) is 0 Å². The van der Waals surface area contributed by atoms with Gasteiger partial charge >= 0.3 is 15.6 Å². The van der Waals surface area contributed by atoms with Crippen molar-refractivity contribution >= 4 is 10.1 Å². The van der Waals surface area contributed by atoms with Gasteiger partial charge in [-0.05, 0) is 0 Å². The third-order valence-corrected chi connectivity index (χ3v) is 0.877. The van der Waals surface area contributed by atoms with Crippen molar-refractivity contribution in [2.24, 2.45) is 0 Å². The molecule has 0 rings (SSSR count).